The van der Waals surface area contributed by atoms with Gasteiger partial charge in [-0.15, -0.1) is 11.3 Å². The second-order valence-corrected chi connectivity index (χ2v) is 8.43. The van der Waals surface area contributed by atoms with E-state index in [4.69, 9.17) is 9.47 Å². The molecule has 2 heterocycles. The topological polar surface area (TPSA) is 96.3 Å². The lowest BCUT2D eigenvalue weighted by Gasteiger charge is -2.25. The number of nitrogens with zero attached hydrogens (tertiary/aromatic N) is 1. The second-order valence-electron chi connectivity index (χ2n) is 7.40. The Labute approximate surface area is 195 Å². The molecule has 1 aliphatic heterocycles. The highest BCUT2D eigenvalue weighted by Crippen LogP contribution is 2.42. The summed E-state index contributed by atoms with van der Waals surface area (Å²) >= 11 is 1.47. The van der Waals surface area contributed by atoms with Crippen molar-refractivity contribution in [1.82, 2.24) is 4.90 Å². The van der Waals surface area contributed by atoms with Crippen LogP contribution >= 0.6 is 11.3 Å². The third kappa shape index (κ3) is 4.29. The number of phenols is 1. The van der Waals surface area contributed by atoms with E-state index in [0.717, 1.165) is 4.88 Å². The van der Waals surface area contributed by atoms with E-state index in [1.807, 2.05) is 24.4 Å². The lowest BCUT2D eigenvalue weighted by Crippen LogP contribution is -2.28. The van der Waals surface area contributed by atoms with Crippen LogP contribution in [0.3, 0.4) is 0 Å². The molecule has 0 saturated carbocycles. The van der Waals surface area contributed by atoms with Crippen LogP contribution in [0.1, 0.15) is 29.0 Å². The molecule has 33 heavy (non-hydrogen) atoms. The summed E-state index contributed by atoms with van der Waals surface area (Å²) < 4.78 is 10.7. The molecule has 1 aromatic heterocycles. The Kier molecular flexibility index (Phi) is 6.37. The summed E-state index contributed by atoms with van der Waals surface area (Å²) in [4.78, 5) is 28.5. The Morgan fingerprint density at radius 3 is 2.52 bits per heavy atom. The van der Waals surface area contributed by atoms with Crippen molar-refractivity contribution < 1.29 is 29.3 Å². The first-order valence-electron chi connectivity index (χ1n) is 10.4. The molecular weight excluding hydrogens is 442 g/mol. The number of benzene rings is 2. The van der Waals surface area contributed by atoms with Gasteiger partial charge in [-0.1, -0.05) is 12.1 Å². The number of carbonyl (C=O) groups excluding carboxylic acids is 2. The predicted octanol–water partition coefficient (Wildman–Crippen LogP) is 4.48. The number of hydrogen-bond acceptors (Lipinski definition) is 7. The summed E-state index contributed by atoms with van der Waals surface area (Å²) in [5, 5.41) is 23.1. The maximum atomic E-state index is 13.1. The molecule has 0 radical (unpaired) electrons. The van der Waals surface area contributed by atoms with E-state index in [1.54, 1.807) is 36.4 Å². The van der Waals surface area contributed by atoms with Crippen molar-refractivity contribution in [2.45, 2.75) is 19.5 Å². The number of methoxy groups -OCH3 is 1. The molecule has 8 heteroatoms. The van der Waals surface area contributed by atoms with Crippen molar-refractivity contribution in [2.24, 2.45) is 0 Å². The van der Waals surface area contributed by atoms with Gasteiger partial charge in [0.15, 0.2) is 11.5 Å². The first kappa shape index (κ1) is 22.4. The van der Waals surface area contributed by atoms with E-state index < -0.39 is 17.7 Å². The molecule has 1 fully saturated rings. The normalized spacial score (nSPS) is 17.4. The fourth-order valence-electron chi connectivity index (χ4n) is 3.86. The minimum absolute atomic E-state index is 0.0199. The molecule has 0 spiro atoms. The van der Waals surface area contributed by atoms with Crippen LogP contribution in [0.4, 0.5) is 0 Å². The first-order chi connectivity index (χ1) is 15.9. The monoisotopic (exact) mass is 465 g/mol. The van der Waals surface area contributed by atoms with Gasteiger partial charge in [0.05, 0.1) is 31.9 Å². The molecule has 2 N–H and O–H groups in total. The quantitative estimate of drug-likeness (QED) is 0.303. The van der Waals surface area contributed by atoms with Gasteiger partial charge in [0, 0.05) is 10.4 Å². The Hall–Kier alpha value is -3.78. The van der Waals surface area contributed by atoms with E-state index in [9.17, 15) is 19.8 Å². The summed E-state index contributed by atoms with van der Waals surface area (Å²) in [5.41, 5.74) is 0.907. The molecule has 170 valence electrons. The van der Waals surface area contributed by atoms with Crippen molar-refractivity contribution in [2.75, 3.05) is 13.7 Å². The number of likely N-dealkylation sites (tertiary alicyclic amines) is 1. The van der Waals surface area contributed by atoms with Gasteiger partial charge in [-0.25, -0.2) is 0 Å². The van der Waals surface area contributed by atoms with Crippen LogP contribution in [0.25, 0.3) is 5.76 Å². The zero-order chi connectivity index (χ0) is 23.5. The summed E-state index contributed by atoms with van der Waals surface area (Å²) in [6.45, 7) is 2.58. The highest BCUT2D eigenvalue weighted by Gasteiger charge is 2.46. The molecular formula is C25H23NO6S. The van der Waals surface area contributed by atoms with Gasteiger partial charge in [-0.2, -0.15) is 0 Å². The van der Waals surface area contributed by atoms with Crippen molar-refractivity contribution in [3.8, 4) is 17.2 Å². The Bertz CT molecular complexity index is 1200. The number of aliphatic hydroxyl groups excluding tert-OH is 1. The van der Waals surface area contributed by atoms with E-state index in [1.165, 1.54) is 29.4 Å². The number of hydrogen-bond donors (Lipinski definition) is 2. The maximum absolute atomic E-state index is 13.1. The maximum Gasteiger partial charge on any atom is 0.295 e. The fraction of sp³-hybridized carbons (Fsp3) is 0.200. The zero-order valence-corrected chi connectivity index (χ0v) is 19.0. The summed E-state index contributed by atoms with van der Waals surface area (Å²) in [5.74, 6) is -0.977. The van der Waals surface area contributed by atoms with Gasteiger partial charge in [0.2, 0.25) is 0 Å². The fourth-order valence-corrected chi connectivity index (χ4v) is 4.56. The molecule has 4 rings (SSSR count). The molecule has 1 amide bonds. The third-order valence-electron chi connectivity index (χ3n) is 5.40. The molecule has 1 saturated heterocycles. The van der Waals surface area contributed by atoms with Crippen molar-refractivity contribution in [3.05, 3.63) is 81.6 Å². The number of amides is 1. The highest BCUT2D eigenvalue weighted by molar-refractivity contribution is 7.09. The van der Waals surface area contributed by atoms with Gasteiger partial charge in [0.25, 0.3) is 11.7 Å². The number of Topliss-reactive ketones (excluding diaryl/α,β-unsaturated/α-hetero) is 1. The summed E-state index contributed by atoms with van der Waals surface area (Å²) in [7, 11) is 1.42. The largest absolute Gasteiger partial charge is 0.507 e. The molecule has 2 aromatic carbocycles. The van der Waals surface area contributed by atoms with Crippen LogP contribution in [0.15, 0.2) is 65.6 Å². The van der Waals surface area contributed by atoms with Gasteiger partial charge in [-0.05, 0) is 60.3 Å². The van der Waals surface area contributed by atoms with Gasteiger partial charge >= 0.3 is 0 Å². The summed E-state index contributed by atoms with van der Waals surface area (Å²) in [6, 6.07) is 14.2. The predicted molar refractivity (Wildman–Crippen MR) is 124 cm³/mol. The molecule has 0 bridgehead atoms. The van der Waals surface area contributed by atoms with Crippen LogP contribution in [-0.4, -0.2) is 40.5 Å². The number of ketones is 1. The lowest BCUT2D eigenvalue weighted by atomic mass is 9.95. The molecule has 7 nitrogen and oxygen atoms in total. The minimum Gasteiger partial charge on any atom is -0.507 e. The average molecular weight is 466 g/mol. The minimum atomic E-state index is -0.854. The van der Waals surface area contributed by atoms with Crippen molar-refractivity contribution in [1.29, 1.82) is 0 Å². The Balaban J connectivity index is 1.85. The molecule has 1 unspecified atom stereocenters. The number of carbonyl (C=O) groups is 2. The number of phenolic OH excluding ortho intramolecular Hbond substituents is 1. The van der Waals surface area contributed by atoms with Crippen molar-refractivity contribution in [3.63, 3.8) is 0 Å². The number of aliphatic hydroxyl groups is 1. The van der Waals surface area contributed by atoms with Crippen LogP contribution < -0.4 is 9.47 Å². The highest BCUT2D eigenvalue weighted by atomic mass is 32.1. The third-order valence-corrected chi connectivity index (χ3v) is 6.27. The summed E-state index contributed by atoms with van der Waals surface area (Å²) in [6.07, 6.45) is 0. The average Bonchev–Trinajstić information content (AvgIpc) is 3.42. The zero-order valence-electron chi connectivity index (χ0n) is 18.1. The molecule has 1 aliphatic rings. The smallest absolute Gasteiger partial charge is 0.295 e. The second kappa shape index (κ2) is 9.38. The standard InChI is InChI=1S/C25H23NO6S/c1-3-32-17-9-6-15(7-10-17)23(28)21-22(16-8-11-19(27)20(13-16)31-2)26(25(30)24(21)29)14-18-5-4-12-33-18/h4-13,22,27-28H,3,14H2,1-2H3/b23-21+. The molecule has 1 atom stereocenters. The van der Waals surface area contributed by atoms with Gasteiger partial charge in [-0.3, -0.25) is 9.59 Å². The van der Waals surface area contributed by atoms with Crippen LogP contribution in [0.5, 0.6) is 17.2 Å². The van der Waals surface area contributed by atoms with Crippen molar-refractivity contribution >= 4 is 28.8 Å². The van der Waals surface area contributed by atoms with E-state index in [-0.39, 0.29) is 29.4 Å². The number of rotatable bonds is 7. The number of ether oxygens (including phenoxy) is 2. The number of thiophene rings is 1. The Morgan fingerprint density at radius 2 is 1.88 bits per heavy atom. The molecule has 0 aliphatic carbocycles. The van der Waals surface area contributed by atoms with E-state index in [2.05, 4.69) is 0 Å². The van der Waals surface area contributed by atoms with Crippen LogP contribution in [-0.2, 0) is 16.1 Å². The Morgan fingerprint density at radius 1 is 1.12 bits per heavy atom. The van der Waals surface area contributed by atoms with E-state index in [0.29, 0.717) is 23.5 Å². The van der Waals surface area contributed by atoms with Crippen LogP contribution in [0, 0.1) is 0 Å². The van der Waals surface area contributed by atoms with Gasteiger partial charge < -0.3 is 24.6 Å². The molecule has 3 aromatic rings. The SMILES string of the molecule is CCOc1ccc(/C(O)=C2\C(=O)C(=O)N(Cc3cccs3)C2c2ccc(O)c(OC)c2)cc1. The first-order valence-corrected chi connectivity index (χ1v) is 11.2. The van der Waals surface area contributed by atoms with E-state index >= 15 is 0 Å². The lowest BCUT2D eigenvalue weighted by molar-refractivity contribution is -0.140. The number of aromatic hydroxyl groups is 1. The van der Waals surface area contributed by atoms with Gasteiger partial charge in [0.1, 0.15) is 11.5 Å². The van der Waals surface area contributed by atoms with Crippen LogP contribution in [0.2, 0.25) is 0 Å².